The molecule has 0 atom stereocenters. The summed E-state index contributed by atoms with van der Waals surface area (Å²) in [6.45, 7) is 3.46. The molecular formula is C10H14N4OS. The molecule has 0 aliphatic carbocycles. The molecule has 6 heteroatoms. The van der Waals surface area contributed by atoms with E-state index in [1.54, 1.807) is 15.3 Å². The maximum absolute atomic E-state index is 11.4. The van der Waals surface area contributed by atoms with Gasteiger partial charge in [0.15, 0.2) is 0 Å². The Morgan fingerprint density at radius 3 is 2.88 bits per heavy atom. The van der Waals surface area contributed by atoms with E-state index in [9.17, 15) is 4.79 Å². The monoisotopic (exact) mass is 238 g/mol. The molecule has 0 amide bonds. The number of nitrogens with zero attached hydrogens (tertiary/aromatic N) is 3. The van der Waals surface area contributed by atoms with Crippen LogP contribution >= 0.6 is 11.3 Å². The van der Waals surface area contributed by atoms with Crippen LogP contribution in [0.15, 0.2) is 22.4 Å². The van der Waals surface area contributed by atoms with E-state index in [-0.39, 0.29) is 4.87 Å². The predicted octanol–water partition coefficient (Wildman–Crippen LogP) is 1.09. The van der Waals surface area contributed by atoms with E-state index in [0.717, 1.165) is 25.2 Å². The van der Waals surface area contributed by atoms with Gasteiger partial charge in [0.05, 0.1) is 0 Å². The third kappa shape index (κ3) is 2.33. The fraction of sp³-hybridized carbons (Fsp3) is 0.400. The second-order valence-electron chi connectivity index (χ2n) is 3.65. The van der Waals surface area contributed by atoms with Gasteiger partial charge in [0.2, 0.25) is 0 Å². The molecule has 16 heavy (non-hydrogen) atoms. The van der Waals surface area contributed by atoms with Crippen LogP contribution < -0.4 is 10.6 Å². The smallest absolute Gasteiger partial charge is 0.307 e. The number of aryl methyl sites for hydroxylation is 2. The zero-order valence-electron chi connectivity index (χ0n) is 9.09. The van der Waals surface area contributed by atoms with Crippen LogP contribution in [0.2, 0.25) is 0 Å². The number of hydrogen-bond donors (Lipinski definition) is 1. The van der Waals surface area contributed by atoms with E-state index in [0.29, 0.717) is 5.82 Å². The first-order chi connectivity index (χ1) is 7.66. The summed E-state index contributed by atoms with van der Waals surface area (Å²) in [5.74, 6) is 0.531. The van der Waals surface area contributed by atoms with Crippen LogP contribution in [0.3, 0.4) is 0 Å². The maximum Gasteiger partial charge on any atom is 0.307 e. The lowest BCUT2D eigenvalue weighted by atomic mass is 10.4. The lowest BCUT2D eigenvalue weighted by molar-refractivity contribution is 0.520. The van der Waals surface area contributed by atoms with Crippen LogP contribution in [-0.2, 0) is 13.1 Å². The second kappa shape index (κ2) is 4.52. The van der Waals surface area contributed by atoms with E-state index in [1.165, 1.54) is 11.3 Å². The molecule has 0 saturated carbocycles. The number of anilines is 1. The van der Waals surface area contributed by atoms with Gasteiger partial charge in [-0.3, -0.25) is 9.48 Å². The van der Waals surface area contributed by atoms with Crippen molar-refractivity contribution in [2.75, 3.05) is 5.73 Å². The van der Waals surface area contributed by atoms with E-state index >= 15 is 0 Å². The summed E-state index contributed by atoms with van der Waals surface area (Å²) in [7, 11) is 0. The fourth-order valence-corrected chi connectivity index (χ4v) is 2.33. The highest BCUT2D eigenvalue weighted by molar-refractivity contribution is 7.07. The summed E-state index contributed by atoms with van der Waals surface area (Å²) in [6.07, 6.45) is 2.72. The van der Waals surface area contributed by atoms with Crippen LogP contribution in [0.25, 0.3) is 0 Å². The number of rotatable bonds is 4. The van der Waals surface area contributed by atoms with Crippen molar-refractivity contribution in [2.24, 2.45) is 0 Å². The van der Waals surface area contributed by atoms with E-state index in [2.05, 4.69) is 5.10 Å². The number of nitrogens with two attached hydrogens (primary N) is 1. The summed E-state index contributed by atoms with van der Waals surface area (Å²) in [5.41, 5.74) is 6.53. The van der Waals surface area contributed by atoms with Crippen molar-refractivity contribution < 1.29 is 0 Å². The number of nitrogen functional groups attached to an aromatic ring is 1. The minimum Gasteiger partial charge on any atom is -0.382 e. The van der Waals surface area contributed by atoms with Gasteiger partial charge in [-0.05, 0) is 19.4 Å². The van der Waals surface area contributed by atoms with Gasteiger partial charge in [0.1, 0.15) is 5.82 Å². The molecule has 0 spiro atoms. The molecule has 2 aromatic heterocycles. The molecule has 0 aliphatic heterocycles. The topological polar surface area (TPSA) is 65.8 Å². The van der Waals surface area contributed by atoms with Crippen LogP contribution in [0, 0.1) is 6.92 Å². The first kappa shape index (κ1) is 10.9. The molecule has 2 aromatic rings. The standard InChI is InChI=1S/C10H14N4OS/c1-8-7-16-10(15)14(8)5-2-4-13-6-3-9(11)12-13/h3,6-7H,2,4-5H2,1H3,(H2,11,12). The summed E-state index contributed by atoms with van der Waals surface area (Å²) < 4.78 is 3.58. The van der Waals surface area contributed by atoms with Gasteiger partial charge < -0.3 is 10.3 Å². The Morgan fingerprint density at radius 1 is 1.50 bits per heavy atom. The lowest BCUT2D eigenvalue weighted by Gasteiger charge is -2.04. The minimum absolute atomic E-state index is 0.109. The quantitative estimate of drug-likeness (QED) is 0.867. The van der Waals surface area contributed by atoms with Crippen molar-refractivity contribution in [1.82, 2.24) is 14.3 Å². The lowest BCUT2D eigenvalue weighted by Crippen LogP contribution is -2.16. The van der Waals surface area contributed by atoms with Crippen LogP contribution in [0.4, 0.5) is 5.82 Å². The largest absolute Gasteiger partial charge is 0.382 e. The normalized spacial score (nSPS) is 10.8. The third-order valence-corrected chi connectivity index (χ3v) is 3.29. The molecule has 5 nitrogen and oxygen atoms in total. The first-order valence-corrected chi connectivity index (χ1v) is 5.98. The Labute approximate surface area is 97.1 Å². The van der Waals surface area contributed by atoms with Crippen molar-refractivity contribution in [3.63, 3.8) is 0 Å². The molecule has 0 unspecified atom stereocenters. The van der Waals surface area contributed by atoms with Crippen LogP contribution in [0.1, 0.15) is 12.1 Å². The fourth-order valence-electron chi connectivity index (χ4n) is 1.57. The molecule has 0 aliphatic rings. The van der Waals surface area contributed by atoms with Crippen molar-refractivity contribution in [2.45, 2.75) is 26.4 Å². The van der Waals surface area contributed by atoms with Gasteiger partial charge in [0, 0.05) is 30.4 Å². The first-order valence-electron chi connectivity index (χ1n) is 5.10. The SMILES string of the molecule is Cc1csc(=O)n1CCCn1ccc(N)n1. The molecule has 0 fully saturated rings. The van der Waals surface area contributed by atoms with E-state index in [4.69, 9.17) is 5.73 Å². The minimum atomic E-state index is 0.109. The average Bonchev–Trinajstić information content (AvgIpc) is 2.78. The molecule has 2 heterocycles. The summed E-state index contributed by atoms with van der Waals surface area (Å²) >= 11 is 1.25. The Morgan fingerprint density at radius 2 is 2.31 bits per heavy atom. The van der Waals surface area contributed by atoms with Crippen molar-refractivity contribution >= 4 is 17.2 Å². The Bertz CT molecular complexity index is 525. The molecule has 0 aromatic carbocycles. The number of thiazole rings is 1. The number of hydrogen-bond acceptors (Lipinski definition) is 4. The highest BCUT2D eigenvalue weighted by Gasteiger charge is 2.02. The third-order valence-electron chi connectivity index (χ3n) is 2.41. The van der Waals surface area contributed by atoms with Crippen molar-refractivity contribution in [3.05, 3.63) is 33.0 Å². The van der Waals surface area contributed by atoms with Crippen LogP contribution in [0.5, 0.6) is 0 Å². The molecule has 86 valence electrons. The van der Waals surface area contributed by atoms with Gasteiger partial charge >= 0.3 is 4.87 Å². The molecule has 2 rings (SSSR count). The molecule has 2 N–H and O–H groups in total. The molecular weight excluding hydrogens is 224 g/mol. The summed E-state index contributed by atoms with van der Waals surface area (Å²) in [5, 5.41) is 5.97. The second-order valence-corrected chi connectivity index (χ2v) is 4.47. The van der Waals surface area contributed by atoms with E-state index in [1.807, 2.05) is 18.5 Å². The van der Waals surface area contributed by atoms with Gasteiger partial charge in [0.25, 0.3) is 0 Å². The van der Waals surface area contributed by atoms with Gasteiger partial charge in [-0.15, -0.1) is 0 Å². The highest BCUT2D eigenvalue weighted by Crippen LogP contribution is 2.02. The van der Waals surface area contributed by atoms with Gasteiger partial charge in [-0.25, -0.2) is 0 Å². The molecule has 0 radical (unpaired) electrons. The zero-order valence-corrected chi connectivity index (χ0v) is 9.91. The summed E-state index contributed by atoms with van der Waals surface area (Å²) in [4.78, 5) is 11.5. The zero-order chi connectivity index (χ0) is 11.5. The van der Waals surface area contributed by atoms with Crippen LogP contribution in [-0.4, -0.2) is 14.3 Å². The Kier molecular flexibility index (Phi) is 3.09. The summed E-state index contributed by atoms with van der Waals surface area (Å²) in [6, 6.07) is 1.77. The van der Waals surface area contributed by atoms with Crippen molar-refractivity contribution in [1.29, 1.82) is 0 Å². The Hall–Kier alpha value is -1.56. The number of aromatic nitrogens is 3. The maximum atomic E-state index is 11.4. The predicted molar refractivity (Wildman–Crippen MR) is 64.6 cm³/mol. The van der Waals surface area contributed by atoms with Crippen molar-refractivity contribution in [3.8, 4) is 0 Å². The average molecular weight is 238 g/mol. The van der Waals surface area contributed by atoms with E-state index < -0.39 is 0 Å². The van der Waals surface area contributed by atoms with Gasteiger partial charge in [-0.2, -0.15) is 5.10 Å². The molecule has 0 saturated heterocycles. The Balaban J connectivity index is 1.91. The van der Waals surface area contributed by atoms with Gasteiger partial charge in [-0.1, -0.05) is 11.3 Å². The highest BCUT2D eigenvalue weighted by atomic mass is 32.1. The molecule has 0 bridgehead atoms.